The van der Waals surface area contributed by atoms with Crippen molar-refractivity contribution in [1.29, 1.82) is 0 Å². The number of hydrogen-bond donors (Lipinski definition) is 2. The molecule has 0 radical (unpaired) electrons. The van der Waals surface area contributed by atoms with Crippen molar-refractivity contribution < 1.29 is 18.0 Å². The van der Waals surface area contributed by atoms with E-state index in [0.29, 0.717) is 18.8 Å². The van der Waals surface area contributed by atoms with Crippen molar-refractivity contribution in [1.82, 2.24) is 10.2 Å². The van der Waals surface area contributed by atoms with Gasteiger partial charge in [-0.15, -0.1) is 0 Å². The van der Waals surface area contributed by atoms with E-state index < -0.39 is 10.0 Å². The third kappa shape index (κ3) is 4.70. The zero-order valence-electron chi connectivity index (χ0n) is 14.1. The Hall–Kier alpha value is -2.09. The molecule has 8 heteroatoms. The first-order chi connectivity index (χ1) is 11.2. The highest BCUT2D eigenvalue weighted by Crippen LogP contribution is 2.21. The molecule has 2 rings (SSSR count). The molecule has 1 heterocycles. The number of rotatable bonds is 6. The van der Waals surface area contributed by atoms with Crippen LogP contribution in [0.4, 0.5) is 5.69 Å². The highest BCUT2D eigenvalue weighted by atomic mass is 32.2. The minimum atomic E-state index is -3.35. The van der Waals surface area contributed by atoms with Crippen LogP contribution >= 0.6 is 0 Å². The molecule has 1 aromatic carbocycles. The molecule has 132 valence electrons. The fourth-order valence-corrected chi connectivity index (χ4v) is 3.31. The minimum Gasteiger partial charge on any atom is -0.349 e. The smallest absolute Gasteiger partial charge is 0.229 e. The van der Waals surface area contributed by atoms with Crippen molar-refractivity contribution in [3.8, 4) is 0 Å². The monoisotopic (exact) mass is 353 g/mol. The van der Waals surface area contributed by atoms with Crippen LogP contribution in [-0.2, 0) is 19.6 Å². The quantitative estimate of drug-likeness (QED) is 0.801. The average molecular weight is 353 g/mol. The summed E-state index contributed by atoms with van der Waals surface area (Å²) in [5.74, 6) is -0.491. The molecule has 2 atom stereocenters. The molecule has 0 aromatic heterocycles. The van der Waals surface area contributed by atoms with Crippen molar-refractivity contribution >= 4 is 27.5 Å². The van der Waals surface area contributed by atoms with Gasteiger partial charge < -0.3 is 10.2 Å². The maximum atomic E-state index is 12.3. The maximum Gasteiger partial charge on any atom is 0.229 e. The van der Waals surface area contributed by atoms with E-state index in [0.717, 1.165) is 11.8 Å². The van der Waals surface area contributed by atoms with Gasteiger partial charge in [0.25, 0.3) is 0 Å². The van der Waals surface area contributed by atoms with E-state index >= 15 is 0 Å². The van der Waals surface area contributed by atoms with Gasteiger partial charge in [-0.3, -0.25) is 14.3 Å². The Morgan fingerprint density at radius 2 is 2.12 bits per heavy atom. The van der Waals surface area contributed by atoms with Crippen molar-refractivity contribution in [2.24, 2.45) is 5.92 Å². The third-order valence-electron chi connectivity index (χ3n) is 4.02. The van der Waals surface area contributed by atoms with E-state index in [4.69, 9.17) is 0 Å². The standard InChI is InChI=1S/C16H23N3O4S/c1-4-19-10-13(9-15(19)20)16(21)17-11(2)12-6-5-7-14(8-12)18-24(3,22)23/h5-8,11,13,18H,4,9-10H2,1-3H3,(H,17,21)/t11-,13+/m0/s1. The number of carbonyl (C=O) groups excluding carboxylic acids is 2. The first kappa shape index (κ1) is 18.3. The van der Waals surface area contributed by atoms with Gasteiger partial charge in [0.05, 0.1) is 18.2 Å². The second-order valence-electron chi connectivity index (χ2n) is 6.06. The molecule has 0 unspecified atom stereocenters. The Labute approximate surface area is 142 Å². The summed E-state index contributed by atoms with van der Waals surface area (Å²) in [6.45, 7) is 4.77. The van der Waals surface area contributed by atoms with Crippen LogP contribution < -0.4 is 10.0 Å². The molecule has 1 saturated heterocycles. The SMILES string of the molecule is CCN1C[C@H](C(=O)N[C@@H](C)c2cccc(NS(C)(=O)=O)c2)CC1=O. The number of nitrogens with one attached hydrogen (secondary N) is 2. The average Bonchev–Trinajstić information content (AvgIpc) is 2.87. The molecule has 1 aliphatic rings. The molecule has 0 saturated carbocycles. The Kier molecular flexibility index (Phi) is 5.48. The normalized spacial score (nSPS) is 19.2. The summed E-state index contributed by atoms with van der Waals surface area (Å²) >= 11 is 0. The van der Waals surface area contributed by atoms with Crippen LogP contribution in [-0.4, -0.2) is 44.5 Å². The number of anilines is 1. The van der Waals surface area contributed by atoms with Crippen LogP contribution in [0, 0.1) is 5.92 Å². The molecule has 7 nitrogen and oxygen atoms in total. The van der Waals surface area contributed by atoms with E-state index in [2.05, 4.69) is 10.0 Å². The largest absolute Gasteiger partial charge is 0.349 e. The fraction of sp³-hybridized carbons (Fsp3) is 0.500. The van der Waals surface area contributed by atoms with Crippen LogP contribution in [0.1, 0.15) is 31.9 Å². The second kappa shape index (κ2) is 7.21. The topological polar surface area (TPSA) is 95.6 Å². The highest BCUT2D eigenvalue weighted by molar-refractivity contribution is 7.92. The van der Waals surface area contributed by atoms with Gasteiger partial charge in [0.2, 0.25) is 21.8 Å². The van der Waals surface area contributed by atoms with Crippen LogP contribution in [0.3, 0.4) is 0 Å². The van der Waals surface area contributed by atoms with Gasteiger partial charge in [-0.25, -0.2) is 8.42 Å². The lowest BCUT2D eigenvalue weighted by atomic mass is 10.0. The van der Waals surface area contributed by atoms with Crippen molar-refractivity contribution in [2.45, 2.75) is 26.3 Å². The van der Waals surface area contributed by atoms with E-state index in [1.54, 1.807) is 23.1 Å². The third-order valence-corrected chi connectivity index (χ3v) is 4.62. The molecule has 24 heavy (non-hydrogen) atoms. The van der Waals surface area contributed by atoms with Gasteiger partial charge in [-0.05, 0) is 31.5 Å². The number of nitrogens with zero attached hydrogens (tertiary/aromatic N) is 1. The molecule has 2 amide bonds. The molecule has 1 aliphatic heterocycles. The summed E-state index contributed by atoms with van der Waals surface area (Å²) in [4.78, 5) is 25.8. The molecule has 2 N–H and O–H groups in total. The summed E-state index contributed by atoms with van der Waals surface area (Å²) in [5.41, 5.74) is 1.23. The maximum absolute atomic E-state index is 12.3. The summed E-state index contributed by atoms with van der Waals surface area (Å²) in [5, 5.41) is 2.90. The molecule has 1 aromatic rings. The van der Waals surface area contributed by atoms with Crippen LogP contribution in [0.25, 0.3) is 0 Å². The van der Waals surface area contributed by atoms with Gasteiger partial charge in [0.1, 0.15) is 0 Å². The lowest BCUT2D eigenvalue weighted by Crippen LogP contribution is -2.34. The van der Waals surface area contributed by atoms with E-state index in [-0.39, 0.29) is 30.2 Å². The number of carbonyl (C=O) groups is 2. The van der Waals surface area contributed by atoms with Crippen molar-refractivity contribution in [3.05, 3.63) is 29.8 Å². The summed E-state index contributed by atoms with van der Waals surface area (Å²) < 4.78 is 25.0. The van der Waals surface area contributed by atoms with Gasteiger partial charge in [-0.1, -0.05) is 12.1 Å². The fourth-order valence-electron chi connectivity index (χ4n) is 2.75. The molecule has 0 bridgehead atoms. The van der Waals surface area contributed by atoms with E-state index in [9.17, 15) is 18.0 Å². The lowest BCUT2D eigenvalue weighted by Gasteiger charge is -2.18. The van der Waals surface area contributed by atoms with Gasteiger partial charge in [0, 0.05) is 25.2 Å². The Morgan fingerprint density at radius 3 is 2.71 bits per heavy atom. The summed E-state index contributed by atoms with van der Waals surface area (Å²) in [7, 11) is -3.35. The van der Waals surface area contributed by atoms with Gasteiger partial charge in [-0.2, -0.15) is 0 Å². The van der Waals surface area contributed by atoms with Crippen LogP contribution in [0.15, 0.2) is 24.3 Å². The first-order valence-corrected chi connectivity index (χ1v) is 9.74. The van der Waals surface area contributed by atoms with Gasteiger partial charge in [0.15, 0.2) is 0 Å². The minimum absolute atomic E-state index is 0.00431. The van der Waals surface area contributed by atoms with Crippen LogP contribution in [0.2, 0.25) is 0 Å². The molecule has 0 aliphatic carbocycles. The number of amides is 2. The Balaban J connectivity index is 2.02. The van der Waals surface area contributed by atoms with Gasteiger partial charge >= 0.3 is 0 Å². The Bertz CT molecular complexity index is 733. The zero-order chi connectivity index (χ0) is 17.9. The summed E-state index contributed by atoms with van der Waals surface area (Å²) in [6, 6.07) is 6.59. The predicted molar refractivity (Wildman–Crippen MR) is 91.8 cm³/mol. The van der Waals surface area contributed by atoms with Crippen molar-refractivity contribution in [3.63, 3.8) is 0 Å². The summed E-state index contributed by atoms with van der Waals surface area (Å²) in [6.07, 6.45) is 1.32. The van der Waals surface area contributed by atoms with Crippen molar-refractivity contribution in [2.75, 3.05) is 24.1 Å². The van der Waals surface area contributed by atoms with E-state index in [1.807, 2.05) is 19.9 Å². The predicted octanol–water partition coefficient (Wildman–Crippen LogP) is 1.10. The molecule has 0 spiro atoms. The number of likely N-dealkylation sites (tertiary alicyclic amines) is 1. The number of hydrogen-bond acceptors (Lipinski definition) is 4. The Morgan fingerprint density at radius 1 is 1.42 bits per heavy atom. The zero-order valence-corrected chi connectivity index (χ0v) is 14.9. The second-order valence-corrected chi connectivity index (χ2v) is 7.81. The number of sulfonamides is 1. The number of benzene rings is 1. The highest BCUT2D eigenvalue weighted by Gasteiger charge is 2.33. The first-order valence-electron chi connectivity index (χ1n) is 7.85. The van der Waals surface area contributed by atoms with E-state index in [1.165, 1.54) is 0 Å². The molecular weight excluding hydrogens is 330 g/mol. The molecular formula is C16H23N3O4S. The van der Waals surface area contributed by atoms with Crippen LogP contribution in [0.5, 0.6) is 0 Å². The molecule has 1 fully saturated rings. The lowest BCUT2D eigenvalue weighted by molar-refractivity contribution is -0.129.